The van der Waals surface area contributed by atoms with Gasteiger partial charge >= 0.3 is 0 Å². The van der Waals surface area contributed by atoms with Crippen LogP contribution < -0.4 is 10.2 Å². The van der Waals surface area contributed by atoms with Crippen molar-refractivity contribution >= 4 is 11.0 Å². The molecule has 1 saturated heterocycles. The number of aliphatic hydroxyl groups excluding tert-OH is 4. The molecule has 3 aromatic rings. The number of benzene rings is 2. The third kappa shape index (κ3) is 3.64. The second kappa shape index (κ2) is 8.05. The fourth-order valence-corrected chi connectivity index (χ4v) is 3.40. The number of aliphatic hydroxyl groups is 4. The molecule has 5 atom stereocenters. The Kier molecular flexibility index (Phi) is 5.46. The van der Waals surface area contributed by atoms with Crippen molar-refractivity contribution in [2.24, 2.45) is 0 Å². The second-order valence-electron chi connectivity index (χ2n) is 6.99. The van der Waals surface area contributed by atoms with Crippen LogP contribution in [0.3, 0.4) is 0 Å². The Morgan fingerprint density at radius 1 is 1.00 bits per heavy atom. The zero-order chi connectivity index (χ0) is 21.4. The number of rotatable bonds is 4. The van der Waals surface area contributed by atoms with Gasteiger partial charge in [-0.15, -0.1) is 0 Å². The van der Waals surface area contributed by atoms with Crippen molar-refractivity contribution in [2.75, 3.05) is 6.61 Å². The molecule has 0 radical (unpaired) electrons. The molecule has 0 saturated carbocycles. The van der Waals surface area contributed by atoms with E-state index in [1.54, 1.807) is 24.3 Å². The summed E-state index contributed by atoms with van der Waals surface area (Å²) < 4.78 is 16.2. The Morgan fingerprint density at radius 2 is 1.73 bits per heavy atom. The molecule has 2 aromatic carbocycles. The molecule has 1 aliphatic rings. The van der Waals surface area contributed by atoms with Crippen molar-refractivity contribution in [1.29, 1.82) is 0 Å². The Hall–Kier alpha value is -2.95. The van der Waals surface area contributed by atoms with Gasteiger partial charge in [0.2, 0.25) is 0 Å². The van der Waals surface area contributed by atoms with Crippen molar-refractivity contribution in [3.8, 4) is 22.6 Å². The van der Waals surface area contributed by atoms with Gasteiger partial charge in [-0.3, -0.25) is 4.79 Å². The molecule has 9 heteroatoms. The van der Waals surface area contributed by atoms with Crippen LogP contribution in [0.4, 0.5) is 0 Å². The highest BCUT2D eigenvalue weighted by Gasteiger charge is 2.45. The van der Waals surface area contributed by atoms with Gasteiger partial charge in [-0.25, -0.2) is 0 Å². The SMILES string of the molecule is O=c1c(-c2ccc(O[C@@H]3[C@@H](O)[C@H](O)[C@@H](O)O[C@H]3CO)cc2)coc2cc(O)ccc12. The van der Waals surface area contributed by atoms with E-state index in [0.717, 1.165) is 0 Å². The fourth-order valence-electron chi connectivity index (χ4n) is 3.40. The molecule has 0 unspecified atom stereocenters. The Bertz CT molecular complexity index is 1090. The monoisotopic (exact) mass is 416 g/mol. The highest BCUT2D eigenvalue weighted by atomic mass is 16.7. The molecule has 4 rings (SSSR count). The predicted octanol–water partition coefficient (Wildman–Crippen LogP) is 0.344. The Labute approximate surface area is 170 Å². The number of hydrogen-bond donors (Lipinski definition) is 5. The quantitative estimate of drug-likeness (QED) is 0.406. The summed E-state index contributed by atoms with van der Waals surface area (Å²) in [7, 11) is 0. The molecule has 1 aromatic heterocycles. The lowest BCUT2D eigenvalue weighted by Gasteiger charge is -2.40. The summed E-state index contributed by atoms with van der Waals surface area (Å²) in [6.45, 7) is -0.530. The largest absolute Gasteiger partial charge is 0.508 e. The number of ether oxygens (including phenoxy) is 2. The summed E-state index contributed by atoms with van der Waals surface area (Å²) in [5, 5.41) is 48.8. The van der Waals surface area contributed by atoms with Gasteiger partial charge in [-0.2, -0.15) is 0 Å². The molecule has 0 amide bonds. The number of phenols is 1. The van der Waals surface area contributed by atoms with E-state index in [0.29, 0.717) is 22.3 Å². The predicted molar refractivity (Wildman–Crippen MR) is 104 cm³/mol. The van der Waals surface area contributed by atoms with E-state index in [1.165, 1.54) is 24.5 Å². The maximum absolute atomic E-state index is 12.7. The minimum absolute atomic E-state index is 0.00685. The normalized spacial score (nSPS) is 26.6. The average Bonchev–Trinajstić information content (AvgIpc) is 2.75. The first-order valence-corrected chi connectivity index (χ1v) is 9.21. The van der Waals surface area contributed by atoms with Gasteiger partial charge in [0.05, 0.1) is 17.6 Å². The van der Waals surface area contributed by atoms with E-state index in [-0.39, 0.29) is 16.8 Å². The molecule has 1 aliphatic heterocycles. The minimum Gasteiger partial charge on any atom is -0.508 e. The zero-order valence-electron chi connectivity index (χ0n) is 15.6. The van der Waals surface area contributed by atoms with Crippen LogP contribution in [0.2, 0.25) is 0 Å². The molecule has 158 valence electrons. The summed E-state index contributed by atoms with van der Waals surface area (Å²) in [4.78, 5) is 12.7. The van der Waals surface area contributed by atoms with Crippen LogP contribution in [-0.4, -0.2) is 62.8 Å². The van der Waals surface area contributed by atoms with Gasteiger partial charge in [0, 0.05) is 6.07 Å². The van der Waals surface area contributed by atoms with Crippen LogP contribution in [0, 0.1) is 0 Å². The third-order valence-electron chi connectivity index (χ3n) is 5.03. The molecule has 9 nitrogen and oxygen atoms in total. The molecule has 2 heterocycles. The molecule has 0 spiro atoms. The zero-order valence-corrected chi connectivity index (χ0v) is 15.6. The standard InChI is InChI=1S/C21H20O9/c22-8-16-20(18(25)19(26)21(27)30-16)29-12-4-1-10(2-5-12)14-9-28-15-7-11(23)3-6-13(15)17(14)24/h1-7,9,16,18-23,25-27H,8H2/t16-,18-,19-,20-,21-/m0/s1. The van der Waals surface area contributed by atoms with Crippen LogP contribution in [0.25, 0.3) is 22.1 Å². The van der Waals surface area contributed by atoms with Crippen molar-refractivity contribution in [2.45, 2.75) is 30.7 Å². The first-order valence-electron chi connectivity index (χ1n) is 9.21. The molecule has 5 N–H and O–H groups in total. The summed E-state index contributed by atoms with van der Waals surface area (Å²) in [5.74, 6) is 0.288. The number of phenolic OH excluding ortho intramolecular Hbond substituents is 1. The highest BCUT2D eigenvalue weighted by molar-refractivity contribution is 5.82. The van der Waals surface area contributed by atoms with Crippen LogP contribution in [0.1, 0.15) is 0 Å². The van der Waals surface area contributed by atoms with Gasteiger partial charge in [-0.05, 0) is 29.8 Å². The Balaban J connectivity index is 1.59. The van der Waals surface area contributed by atoms with Crippen molar-refractivity contribution in [1.82, 2.24) is 0 Å². The summed E-state index contributed by atoms with van der Waals surface area (Å²) in [6, 6.07) is 10.6. The molecular weight excluding hydrogens is 396 g/mol. The average molecular weight is 416 g/mol. The minimum atomic E-state index is -1.63. The van der Waals surface area contributed by atoms with Gasteiger partial charge in [0.25, 0.3) is 0 Å². The fraction of sp³-hybridized carbons (Fsp3) is 0.286. The number of aromatic hydroxyl groups is 1. The number of fused-ring (bicyclic) bond motifs is 1. The van der Waals surface area contributed by atoms with Gasteiger partial charge in [0.1, 0.15) is 41.7 Å². The van der Waals surface area contributed by atoms with Crippen molar-refractivity contribution in [3.63, 3.8) is 0 Å². The first kappa shape index (κ1) is 20.3. The maximum Gasteiger partial charge on any atom is 0.200 e. The third-order valence-corrected chi connectivity index (χ3v) is 5.03. The Morgan fingerprint density at radius 3 is 2.43 bits per heavy atom. The molecular formula is C21H20O9. The van der Waals surface area contributed by atoms with E-state index >= 15 is 0 Å². The molecule has 0 bridgehead atoms. The lowest BCUT2D eigenvalue weighted by molar-refractivity contribution is -0.282. The van der Waals surface area contributed by atoms with Crippen LogP contribution in [-0.2, 0) is 4.74 Å². The van der Waals surface area contributed by atoms with E-state index < -0.39 is 37.3 Å². The van der Waals surface area contributed by atoms with E-state index in [9.17, 15) is 30.3 Å². The van der Waals surface area contributed by atoms with Crippen molar-refractivity contribution in [3.05, 3.63) is 59.0 Å². The summed E-state index contributed by atoms with van der Waals surface area (Å²) in [6.07, 6.45) is -5.54. The second-order valence-corrected chi connectivity index (χ2v) is 6.99. The molecule has 0 aliphatic carbocycles. The highest BCUT2D eigenvalue weighted by Crippen LogP contribution is 2.27. The van der Waals surface area contributed by atoms with Crippen LogP contribution in [0.5, 0.6) is 11.5 Å². The van der Waals surface area contributed by atoms with Crippen molar-refractivity contribution < 1.29 is 39.4 Å². The smallest absolute Gasteiger partial charge is 0.200 e. The van der Waals surface area contributed by atoms with E-state index in [4.69, 9.17) is 13.9 Å². The van der Waals surface area contributed by atoms with E-state index in [1.807, 2.05) is 0 Å². The molecule has 1 fully saturated rings. The summed E-state index contributed by atoms with van der Waals surface area (Å²) >= 11 is 0. The van der Waals surface area contributed by atoms with Crippen LogP contribution >= 0.6 is 0 Å². The van der Waals surface area contributed by atoms with E-state index in [2.05, 4.69) is 0 Å². The molecule has 30 heavy (non-hydrogen) atoms. The lowest BCUT2D eigenvalue weighted by Crippen LogP contribution is -2.60. The topological polar surface area (TPSA) is 150 Å². The van der Waals surface area contributed by atoms with Gasteiger partial charge in [-0.1, -0.05) is 12.1 Å². The van der Waals surface area contributed by atoms with Gasteiger partial charge < -0.3 is 39.4 Å². The lowest BCUT2D eigenvalue weighted by atomic mass is 9.99. The number of hydrogen-bond acceptors (Lipinski definition) is 9. The first-order chi connectivity index (χ1) is 14.4. The van der Waals surface area contributed by atoms with Crippen LogP contribution in [0.15, 0.2) is 57.9 Å². The summed E-state index contributed by atoms with van der Waals surface area (Å²) in [5.41, 5.74) is 0.873. The maximum atomic E-state index is 12.7. The van der Waals surface area contributed by atoms with Gasteiger partial charge in [0.15, 0.2) is 17.8 Å².